The van der Waals surface area contributed by atoms with Gasteiger partial charge in [-0.3, -0.25) is 19.3 Å². The van der Waals surface area contributed by atoms with Gasteiger partial charge >= 0.3 is 0 Å². The van der Waals surface area contributed by atoms with Gasteiger partial charge in [-0.15, -0.1) is 0 Å². The van der Waals surface area contributed by atoms with Gasteiger partial charge in [-0.2, -0.15) is 0 Å². The third kappa shape index (κ3) is 4.22. The van der Waals surface area contributed by atoms with Crippen molar-refractivity contribution < 1.29 is 14.3 Å². The highest BCUT2D eigenvalue weighted by Crippen LogP contribution is 2.42. The van der Waals surface area contributed by atoms with Crippen molar-refractivity contribution in [2.24, 2.45) is 0 Å². The average Bonchev–Trinajstić information content (AvgIpc) is 3.17. The molecule has 40 heavy (non-hydrogen) atoms. The largest absolute Gasteiger partial charge is 0.493 e. The van der Waals surface area contributed by atoms with Crippen LogP contribution in [0.3, 0.4) is 0 Å². The number of fused-ring (bicyclic) bond motifs is 7. The molecule has 7 heteroatoms. The van der Waals surface area contributed by atoms with E-state index in [0.717, 1.165) is 42.6 Å². The van der Waals surface area contributed by atoms with Crippen LogP contribution in [0.25, 0.3) is 0 Å². The lowest BCUT2D eigenvalue weighted by molar-refractivity contribution is 0.0673. The number of hydrogen-bond acceptors (Lipinski definition) is 5. The lowest BCUT2D eigenvalue weighted by Gasteiger charge is -2.44. The van der Waals surface area contributed by atoms with E-state index in [1.165, 1.54) is 22.8 Å². The summed E-state index contributed by atoms with van der Waals surface area (Å²) in [6, 6.07) is 25.9. The van der Waals surface area contributed by atoms with E-state index in [9.17, 15) is 9.59 Å². The molecule has 2 aliphatic heterocycles. The molecule has 1 aliphatic carbocycles. The van der Waals surface area contributed by atoms with Crippen molar-refractivity contribution in [2.75, 3.05) is 24.8 Å². The molecular formula is C33H31N3O4. The molecule has 1 atom stereocenters. The maximum absolute atomic E-state index is 14.0. The minimum Gasteiger partial charge on any atom is -0.493 e. The normalized spacial score (nSPS) is 17.9. The molecule has 0 saturated heterocycles. The summed E-state index contributed by atoms with van der Waals surface area (Å²) in [5, 5.41) is 2.20. The van der Waals surface area contributed by atoms with E-state index in [1.807, 2.05) is 39.9 Å². The Bertz CT molecular complexity index is 1630. The van der Waals surface area contributed by atoms with E-state index in [-0.39, 0.29) is 35.4 Å². The van der Waals surface area contributed by atoms with Crippen LogP contribution >= 0.6 is 0 Å². The lowest BCUT2D eigenvalue weighted by Crippen LogP contribution is -2.56. The zero-order valence-electron chi connectivity index (χ0n) is 22.3. The van der Waals surface area contributed by atoms with Crippen molar-refractivity contribution >= 4 is 5.91 Å². The van der Waals surface area contributed by atoms with Gasteiger partial charge in [0.2, 0.25) is 5.43 Å². The minimum atomic E-state index is -0.299. The van der Waals surface area contributed by atoms with Gasteiger partial charge in [0, 0.05) is 24.4 Å². The average molecular weight is 534 g/mol. The van der Waals surface area contributed by atoms with Crippen LogP contribution in [0.5, 0.6) is 11.5 Å². The Morgan fingerprint density at radius 1 is 0.850 bits per heavy atom. The number of benzene rings is 3. The standard InChI is InChI=1S/C33H31N3O4/c37-27-17-19-35-31(32(27)40-21-23-9-2-1-3-10-23)33(38)34-18-6-7-20-39-28-14-8-12-25-16-15-24-11-4-5-13-26(24)30(29(25)28)36(35)22-34/h1-5,8-14,17,19,30H,6-7,15-16,18,20-22H2. The summed E-state index contributed by atoms with van der Waals surface area (Å²) in [7, 11) is 0. The highest BCUT2D eigenvalue weighted by Gasteiger charge is 2.40. The number of carbonyl (C=O) groups excluding carboxylic acids is 1. The number of aryl methyl sites for hydroxylation is 2. The Balaban J connectivity index is 1.44. The quantitative estimate of drug-likeness (QED) is 0.377. The predicted molar refractivity (Wildman–Crippen MR) is 152 cm³/mol. The number of pyridine rings is 1. The first-order valence-electron chi connectivity index (χ1n) is 14.0. The van der Waals surface area contributed by atoms with Gasteiger partial charge < -0.3 is 14.4 Å². The Labute approximate surface area is 233 Å². The lowest BCUT2D eigenvalue weighted by atomic mass is 9.93. The molecule has 0 radical (unpaired) electrons. The van der Waals surface area contributed by atoms with Crippen LogP contribution in [-0.2, 0) is 19.4 Å². The zero-order valence-corrected chi connectivity index (χ0v) is 22.3. The Morgan fingerprint density at radius 2 is 1.65 bits per heavy atom. The first-order chi connectivity index (χ1) is 19.7. The summed E-state index contributed by atoms with van der Waals surface area (Å²) in [6.45, 7) is 1.74. The van der Waals surface area contributed by atoms with Gasteiger partial charge in [0.1, 0.15) is 25.1 Å². The Kier molecular flexibility index (Phi) is 6.27. The molecule has 1 aromatic heterocycles. The van der Waals surface area contributed by atoms with E-state index in [0.29, 0.717) is 19.8 Å². The first kappa shape index (κ1) is 24.5. The van der Waals surface area contributed by atoms with Crippen LogP contribution < -0.4 is 19.9 Å². The fourth-order valence-electron chi connectivity index (χ4n) is 6.22. The van der Waals surface area contributed by atoms with E-state index in [1.54, 1.807) is 6.20 Å². The Hall–Kier alpha value is -4.52. The molecule has 7 rings (SSSR count). The predicted octanol–water partition coefficient (Wildman–Crippen LogP) is 4.84. The van der Waals surface area contributed by atoms with Crippen molar-refractivity contribution in [2.45, 2.75) is 38.3 Å². The molecule has 3 aromatic carbocycles. The fourth-order valence-corrected chi connectivity index (χ4v) is 6.22. The van der Waals surface area contributed by atoms with Gasteiger partial charge in [-0.05, 0) is 54.0 Å². The SMILES string of the molecule is O=C1c2c(OCc3ccccc3)c(=O)ccn2N2CN1CCCCOc1cccc3c1C2c1ccccc1CC3. The number of hydrogen-bond donors (Lipinski definition) is 0. The van der Waals surface area contributed by atoms with E-state index < -0.39 is 0 Å². The van der Waals surface area contributed by atoms with Gasteiger partial charge in [0.25, 0.3) is 5.91 Å². The molecule has 0 saturated carbocycles. The molecule has 4 aromatic rings. The van der Waals surface area contributed by atoms with Crippen molar-refractivity contribution in [1.29, 1.82) is 0 Å². The summed E-state index contributed by atoms with van der Waals surface area (Å²) in [5.74, 6) is 0.785. The van der Waals surface area contributed by atoms with E-state index in [4.69, 9.17) is 9.47 Å². The fraction of sp³-hybridized carbons (Fsp3) is 0.273. The number of rotatable bonds is 3. The van der Waals surface area contributed by atoms with Crippen LogP contribution in [0, 0.1) is 0 Å². The summed E-state index contributed by atoms with van der Waals surface area (Å²) < 4.78 is 14.4. The third-order valence-corrected chi connectivity index (χ3v) is 8.16. The first-order valence-corrected chi connectivity index (χ1v) is 14.0. The molecule has 202 valence electrons. The van der Waals surface area contributed by atoms with Gasteiger partial charge in [-0.25, -0.2) is 0 Å². The van der Waals surface area contributed by atoms with Crippen LogP contribution in [0.2, 0.25) is 0 Å². The van der Waals surface area contributed by atoms with Gasteiger partial charge in [-0.1, -0.05) is 66.7 Å². The summed E-state index contributed by atoms with van der Waals surface area (Å²) in [5.41, 5.74) is 5.73. The molecule has 2 bridgehead atoms. The van der Waals surface area contributed by atoms with Crippen LogP contribution in [-0.4, -0.2) is 35.3 Å². The topological polar surface area (TPSA) is 64.0 Å². The van der Waals surface area contributed by atoms with Crippen LogP contribution in [0.15, 0.2) is 89.9 Å². The molecule has 0 fully saturated rings. The van der Waals surface area contributed by atoms with Gasteiger partial charge in [0.15, 0.2) is 11.4 Å². The number of aromatic nitrogens is 1. The maximum atomic E-state index is 14.0. The molecule has 0 N–H and O–H groups in total. The smallest absolute Gasteiger partial charge is 0.277 e. The summed E-state index contributed by atoms with van der Waals surface area (Å²) >= 11 is 0. The monoisotopic (exact) mass is 533 g/mol. The molecule has 3 aliphatic rings. The highest BCUT2D eigenvalue weighted by molar-refractivity contribution is 5.96. The summed E-state index contributed by atoms with van der Waals surface area (Å²) in [4.78, 5) is 29.1. The van der Waals surface area contributed by atoms with Crippen molar-refractivity contribution in [1.82, 2.24) is 9.58 Å². The second-order valence-corrected chi connectivity index (χ2v) is 10.6. The summed E-state index contributed by atoms with van der Waals surface area (Å²) in [6.07, 6.45) is 5.17. The van der Waals surface area contributed by atoms with Gasteiger partial charge in [0.05, 0.1) is 6.61 Å². The van der Waals surface area contributed by atoms with E-state index >= 15 is 0 Å². The van der Waals surface area contributed by atoms with Crippen LogP contribution in [0.1, 0.15) is 57.2 Å². The Morgan fingerprint density at radius 3 is 2.55 bits per heavy atom. The molecule has 7 nitrogen and oxygen atoms in total. The third-order valence-electron chi connectivity index (χ3n) is 8.16. The number of carbonyl (C=O) groups is 1. The van der Waals surface area contributed by atoms with Crippen molar-refractivity contribution in [3.05, 3.63) is 129 Å². The molecule has 3 heterocycles. The van der Waals surface area contributed by atoms with Crippen molar-refractivity contribution in [3.8, 4) is 11.5 Å². The number of amides is 1. The second-order valence-electron chi connectivity index (χ2n) is 10.6. The minimum absolute atomic E-state index is 0.0904. The number of nitrogens with zero attached hydrogens (tertiary/aromatic N) is 3. The molecule has 1 unspecified atom stereocenters. The zero-order chi connectivity index (χ0) is 27.1. The molecule has 1 amide bonds. The molecule has 0 spiro atoms. The van der Waals surface area contributed by atoms with Crippen LogP contribution in [0.4, 0.5) is 0 Å². The highest BCUT2D eigenvalue weighted by atomic mass is 16.5. The maximum Gasteiger partial charge on any atom is 0.277 e. The second kappa shape index (κ2) is 10.2. The van der Waals surface area contributed by atoms with Crippen molar-refractivity contribution in [3.63, 3.8) is 0 Å². The van der Waals surface area contributed by atoms with E-state index in [2.05, 4.69) is 47.5 Å². The molecular weight excluding hydrogens is 502 g/mol. The number of ether oxygens (including phenoxy) is 2.